The number of urea groups is 1. The van der Waals surface area contributed by atoms with Crippen molar-refractivity contribution in [1.29, 1.82) is 0 Å². The van der Waals surface area contributed by atoms with Crippen molar-refractivity contribution in [2.45, 2.75) is 45.2 Å². The Balaban J connectivity index is 1.33. The molecule has 7 heteroatoms. The Morgan fingerprint density at radius 1 is 0.917 bits per heavy atom. The number of aromatic carboxylic acids is 1. The van der Waals surface area contributed by atoms with Gasteiger partial charge in [-0.05, 0) is 65.3 Å². The zero-order valence-electron chi connectivity index (χ0n) is 20.5. The van der Waals surface area contributed by atoms with Gasteiger partial charge in [0.1, 0.15) is 6.04 Å². The van der Waals surface area contributed by atoms with Gasteiger partial charge in [-0.2, -0.15) is 0 Å². The van der Waals surface area contributed by atoms with Crippen molar-refractivity contribution in [2.75, 3.05) is 11.9 Å². The van der Waals surface area contributed by atoms with Crippen LogP contribution in [0.3, 0.4) is 0 Å². The van der Waals surface area contributed by atoms with E-state index in [1.807, 2.05) is 24.3 Å². The minimum atomic E-state index is -0.963. The molecule has 1 aliphatic rings. The van der Waals surface area contributed by atoms with Gasteiger partial charge in [-0.3, -0.25) is 4.79 Å². The third kappa shape index (κ3) is 5.92. The van der Waals surface area contributed by atoms with Crippen molar-refractivity contribution in [3.05, 3.63) is 89.5 Å². The zero-order chi connectivity index (χ0) is 25.7. The summed E-state index contributed by atoms with van der Waals surface area (Å²) in [6.45, 7) is 5.25. The number of nitrogens with one attached hydrogen (secondary N) is 2. The van der Waals surface area contributed by atoms with Crippen LogP contribution < -0.4 is 10.6 Å². The minimum Gasteiger partial charge on any atom is -0.478 e. The van der Waals surface area contributed by atoms with Gasteiger partial charge < -0.3 is 20.6 Å². The molecule has 1 aliphatic heterocycles. The number of carboxylic acids is 1. The lowest BCUT2D eigenvalue weighted by Crippen LogP contribution is -2.47. The van der Waals surface area contributed by atoms with Crippen LogP contribution in [-0.4, -0.2) is 40.5 Å². The third-order valence-electron chi connectivity index (χ3n) is 6.52. The number of benzene rings is 3. The maximum absolute atomic E-state index is 13.0. The summed E-state index contributed by atoms with van der Waals surface area (Å²) in [5.41, 5.74) is 4.94. The molecule has 0 radical (unpaired) electrons. The van der Waals surface area contributed by atoms with Crippen LogP contribution in [0.2, 0.25) is 0 Å². The molecule has 0 unspecified atom stereocenters. The topological polar surface area (TPSA) is 98.7 Å². The van der Waals surface area contributed by atoms with Gasteiger partial charge in [0.05, 0.1) is 5.56 Å². The van der Waals surface area contributed by atoms with Gasteiger partial charge in [0.25, 0.3) is 0 Å². The van der Waals surface area contributed by atoms with Crippen LogP contribution in [-0.2, 0) is 11.3 Å². The van der Waals surface area contributed by atoms with Crippen molar-refractivity contribution >= 4 is 23.6 Å². The number of anilines is 1. The largest absolute Gasteiger partial charge is 0.478 e. The number of carboxylic acid groups (broad SMARTS) is 1. The number of rotatable bonds is 7. The van der Waals surface area contributed by atoms with Crippen LogP contribution in [0, 0.1) is 0 Å². The molecular formula is C29H31N3O4. The Morgan fingerprint density at radius 3 is 2.11 bits per heavy atom. The van der Waals surface area contributed by atoms with Crippen molar-refractivity contribution in [3.63, 3.8) is 0 Å². The van der Waals surface area contributed by atoms with Gasteiger partial charge in [-0.25, -0.2) is 9.59 Å². The first-order chi connectivity index (χ1) is 17.3. The van der Waals surface area contributed by atoms with Crippen LogP contribution in [0.5, 0.6) is 0 Å². The van der Waals surface area contributed by atoms with E-state index in [2.05, 4.69) is 36.6 Å². The lowest BCUT2D eigenvalue weighted by molar-refractivity contribution is -0.119. The summed E-state index contributed by atoms with van der Waals surface area (Å²) in [7, 11) is 0. The molecule has 1 atom stereocenters. The van der Waals surface area contributed by atoms with Crippen molar-refractivity contribution in [1.82, 2.24) is 10.2 Å². The van der Waals surface area contributed by atoms with E-state index in [1.165, 1.54) is 5.56 Å². The molecule has 7 nitrogen and oxygen atoms in total. The number of hydrogen-bond acceptors (Lipinski definition) is 3. The summed E-state index contributed by atoms with van der Waals surface area (Å²) in [5.74, 6) is -0.712. The minimum absolute atomic E-state index is 0.206. The van der Waals surface area contributed by atoms with E-state index >= 15 is 0 Å². The quantitative estimate of drug-likeness (QED) is 0.412. The van der Waals surface area contributed by atoms with Crippen molar-refractivity contribution < 1.29 is 19.5 Å². The molecular weight excluding hydrogens is 454 g/mol. The van der Waals surface area contributed by atoms with E-state index in [9.17, 15) is 14.4 Å². The second kappa shape index (κ2) is 11.1. The first-order valence-electron chi connectivity index (χ1n) is 12.2. The number of nitrogens with zero attached hydrogens (tertiary/aromatic N) is 1. The van der Waals surface area contributed by atoms with Crippen molar-refractivity contribution in [2.24, 2.45) is 0 Å². The molecule has 186 valence electrons. The van der Waals surface area contributed by atoms with Crippen LogP contribution in [0.25, 0.3) is 11.1 Å². The SMILES string of the molecule is CC(C)c1ccc(CNC(=O)N2CCC[C@@H]2C(=O)Nc2ccc(-c3ccc(C(=O)O)cc3)cc2)cc1. The van der Waals surface area contributed by atoms with Gasteiger partial charge >= 0.3 is 12.0 Å². The van der Waals surface area contributed by atoms with Gasteiger partial charge in [0, 0.05) is 18.8 Å². The van der Waals surface area contributed by atoms with E-state index < -0.39 is 12.0 Å². The van der Waals surface area contributed by atoms with E-state index in [4.69, 9.17) is 5.11 Å². The lowest BCUT2D eigenvalue weighted by Gasteiger charge is -2.24. The fraction of sp³-hybridized carbons (Fsp3) is 0.276. The molecule has 1 saturated heterocycles. The Kier molecular flexibility index (Phi) is 7.68. The fourth-order valence-corrected chi connectivity index (χ4v) is 4.36. The van der Waals surface area contributed by atoms with E-state index in [0.29, 0.717) is 31.1 Å². The number of hydrogen-bond donors (Lipinski definition) is 3. The maximum Gasteiger partial charge on any atom is 0.335 e. The number of amides is 3. The summed E-state index contributed by atoms with van der Waals surface area (Å²) in [6.07, 6.45) is 1.40. The second-order valence-electron chi connectivity index (χ2n) is 9.36. The number of carbonyl (C=O) groups excluding carboxylic acids is 2. The Labute approximate surface area is 211 Å². The molecule has 0 saturated carbocycles. The Bertz CT molecular complexity index is 1220. The zero-order valence-corrected chi connectivity index (χ0v) is 20.5. The molecule has 3 aromatic carbocycles. The summed E-state index contributed by atoms with van der Waals surface area (Å²) >= 11 is 0. The highest BCUT2D eigenvalue weighted by molar-refractivity contribution is 5.97. The highest BCUT2D eigenvalue weighted by atomic mass is 16.4. The summed E-state index contributed by atoms with van der Waals surface area (Å²) in [5, 5.41) is 14.9. The highest BCUT2D eigenvalue weighted by Crippen LogP contribution is 2.24. The summed E-state index contributed by atoms with van der Waals surface area (Å²) in [6, 6.07) is 21.4. The predicted octanol–water partition coefficient (Wildman–Crippen LogP) is 5.49. The van der Waals surface area contributed by atoms with Crippen LogP contribution in [0.1, 0.15) is 54.1 Å². The normalized spacial score (nSPS) is 15.1. The lowest BCUT2D eigenvalue weighted by atomic mass is 10.0. The molecule has 0 aromatic heterocycles. The average Bonchev–Trinajstić information content (AvgIpc) is 3.38. The van der Waals surface area contributed by atoms with E-state index in [-0.39, 0.29) is 17.5 Å². The Morgan fingerprint density at radius 2 is 1.53 bits per heavy atom. The Hall–Kier alpha value is -4.13. The highest BCUT2D eigenvalue weighted by Gasteiger charge is 2.34. The second-order valence-corrected chi connectivity index (χ2v) is 9.36. The standard InChI is InChI=1S/C29H31N3O4/c1-19(2)21-7-5-20(6-8-21)18-30-29(36)32-17-3-4-26(32)27(33)31-25-15-13-23(14-16-25)22-9-11-24(12-10-22)28(34)35/h5-16,19,26H,3-4,17-18H2,1-2H3,(H,30,36)(H,31,33)(H,34,35)/t26-/m1/s1. The first-order valence-corrected chi connectivity index (χ1v) is 12.2. The molecule has 1 heterocycles. The molecule has 36 heavy (non-hydrogen) atoms. The third-order valence-corrected chi connectivity index (χ3v) is 6.52. The smallest absolute Gasteiger partial charge is 0.335 e. The molecule has 0 aliphatic carbocycles. The molecule has 3 amide bonds. The fourth-order valence-electron chi connectivity index (χ4n) is 4.36. The monoisotopic (exact) mass is 485 g/mol. The molecule has 0 spiro atoms. The van der Waals surface area contributed by atoms with Gasteiger partial charge in [-0.15, -0.1) is 0 Å². The molecule has 4 rings (SSSR count). The first kappa shape index (κ1) is 25.0. The van der Waals surface area contributed by atoms with Gasteiger partial charge in [0.2, 0.25) is 5.91 Å². The van der Waals surface area contributed by atoms with Gasteiger partial charge in [-0.1, -0.05) is 62.4 Å². The van der Waals surface area contributed by atoms with E-state index in [1.54, 1.807) is 41.3 Å². The molecule has 1 fully saturated rings. The molecule has 3 N–H and O–H groups in total. The van der Waals surface area contributed by atoms with Crippen LogP contribution >= 0.6 is 0 Å². The molecule has 0 bridgehead atoms. The molecule has 3 aromatic rings. The number of carbonyl (C=O) groups is 3. The van der Waals surface area contributed by atoms with Gasteiger partial charge in [0.15, 0.2) is 0 Å². The summed E-state index contributed by atoms with van der Waals surface area (Å²) < 4.78 is 0. The average molecular weight is 486 g/mol. The van der Waals surface area contributed by atoms with Crippen LogP contribution in [0.4, 0.5) is 10.5 Å². The predicted molar refractivity (Wildman–Crippen MR) is 140 cm³/mol. The van der Waals surface area contributed by atoms with E-state index in [0.717, 1.165) is 23.1 Å². The van der Waals surface area contributed by atoms with Crippen LogP contribution in [0.15, 0.2) is 72.8 Å². The maximum atomic E-state index is 13.0. The summed E-state index contributed by atoms with van der Waals surface area (Å²) in [4.78, 5) is 38.4. The van der Waals surface area contributed by atoms with Crippen molar-refractivity contribution in [3.8, 4) is 11.1 Å². The number of likely N-dealkylation sites (tertiary alicyclic amines) is 1.